The van der Waals surface area contributed by atoms with E-state index in [1.54, 1.807) is 12.1 Å². The highest BCUT2D eigenvalue weighted by atomic mass is 16.5. The normalized spacial score (nSPS) is 20.8. The maximum absolute atomic E-state index is 12.2. The van der Waals surface area contributed by atoms with Crippen LogP contribution >= 0.6 is 0 Å². The summed E-state index contributed by atoms with van der Waals surface area (Å²) in [5.74, 6) is 1.80. The Kier molecular flexibility index (Phi) is 7.71. The molecule has 3 rings (SSSR count). The van der Waals surface area contributed by atoms with Crippen LogP contribution in [-0.2, 0) is 27.4 Å². The quantitative estimate of drug-likeness (QED) is 0.642. The zero-order valence-corrected chi connectivity index (χ0v) is 18.8. The molecule has 1 N–H and O–H groups in total. The Labute approximate surface area is 183 Å². The summed E-state index contributed by atoms with van der Waals surface area (Å²) < 4.78 is 16.1. The summed E-state index contributed by atoms with van der Waals surface area (Å²) in [6.45, 7) is 8.24. The van der Waals surface area contributed by atoms with E-state index in [1.165, 1.54) is 6.42 Å². The molecule has 3 atom stereocenters. The average molecular weight is 429 g/mol. The second-order valence-corrected chi connectivity index (χ2v) is 8.51. The van der Waals surface area contributed by atoms with Gasteiger partial charge in [-0.3, -0.25) is 9.59 Å². The number of amides is 1. The lowest BCUT2D eigenvalue weighted by atomic mass is 9.78. The lowest BCUT2D eigenvalue weighted by Crippen LogP contribution is -2.45. The molecule has 0 saturated heterocycles. The van der Waals surface area contributed by atoms with Crippen LogP contribution in [0.5, 0.6) is 5.75 Å². The SMILES string of the molecule is Cc1noc(C)c1COc1ccc(CC(=O)OCC(=O)N[C@H]2CCC[C@H](C)[C@@H]2C)cc1. The van der Waals surface area contributed by atoms with Gasteiger partial charge < -0.3 is 19.3 Å². The molecule has 1 aliphatic carbocycles. The summed E-state index contributed by atoms with van der Waals surface area (Å²) in [6.07, 6.45) is 3.41. The minimum atomic E-state index is -0.426. The summed E-state index contributed by atoms with van der Waals surface area (Å²) in [4.78, 5) is 24.3. The number of hydrogen-bond donors (Lipinski definition) is 1. The van der Waals surface area contributed by atoms with Gasteiger partial charge in [0.25, 0.3) is 5.91 Å². The van der Waals surface area contributed by atoms with Crippen LogP contribution in [0, 0.1) is 25.7 Å². The van der Waals surface area contributed by atoms with Crippen LogP contribution in [0.3, 0.4) is 0 Å². The van der Waals surface area contributed by atoms with Gasteiger partial charge in [0.05, 0.1) is 17.7 Å². The summed E-state index contributed by atoms with van der Waals surface area (Å²) in [7, 11) is 0. The highest BCUT2D eigenvalue weighted by Crippen LogP contribution is 2.29. The number of carbonyl (C=O) groups excluding carboxylic acids is 2. The van der Waals surface area contributed by atoms with Gasteiger partial charge in [-0.05, 0) is 49.8 Å². The molecule has 0 unspecified atom stereocenters. The number of carbonyl (C=O) groups is 2. The second-order valence-electron chi connectivity index (χ2n) is 8.51. The van der Waals surface area contributed by atoms with Gasteiger partial charge >= 0.3 is 5.97 Å². The van der Waals surface area contributed by atoms with E-state index in [2.05, 4.69) is 24.3 Å². The fourth-order valence-corrected chi connectivity index (χ4v) is 3.96. The fourth-order valence-electron chi connectivity index (χ4n) is 3.96. The van der Waals surface area contributed by atoms with Crippen LogP contribution in [0.25, 0.3) is 0 Å². The average Bonchev–Trinajstić information content (AvgIpc) is 3.07. The standard InChI is InChI=1S/C24H32N2O5/c1-15-6-5-7-22(16(15)2)25-23(27)14-30-24(28)12-19-8-10-20(11-9-19)29-13-21-17(3)26-31-18(21)4/h8-11,15-16,22H,5-7,12-14H2,1-4H3,(H,25,27)/t15-,16-,22-/m0/s1. The van der Waals surface area contributed by atoms with Gasteiger partial charge in [0.2, 0.25) is 0 Å². The van der Waals surface area contributed by atoms with Gasteiger partial charge in [-0.25, -0.2) is 0 Å². The highest BCUT2D eigenvalue weighted by molar-refractivity contribution is 5.81. The van der Waals surface area contributed by atoms with Crippen molar-refractivity contribution in [3.8, 4) is 5.75 Å². The third kappa shape index (κ3) is 6.32. The second kappa shape index (κ2) is 10.5. The van der Waals surface area contributed by atoms with E-state index in [9.17, 15) is 9.59 Å². The Morgan fingerprint density at radius 3 is 2.58 bits per heavy atom. The van der Waals surface area contributed by atoms with Crippen molar-refractivity contribution >= 4 is 11.9 Å². The van der Waals surface area contributed by atoms with Gasteiger partial charge in [0.1, 0.15) is 18.1 Å². The van der Waals surface area contributed by atoms with Gasteiger partial charge in [0, 0.05) is 6.04 Å². The van der Waals surface area contributed by atoms with Crippen molar-refractivity contribution in [3.63, 3.8) is 0 Å². The molecule has 0 radical (unpaired) electrons. The molecule has 2 aromatic rings. The molecule has 1 fully saturated rings. The van der Waals surface area contributed by atoms with Gasteiger partial charge in [0.15, 0.2) is 6.61 Å². The Balaban J connectivity index is 1.40. The fraction of sp³-hybridized carbons (Fsp3) is 0.542. The van der Waals surface area contributed by atoms with E-state index < -0.39 is 5.97 Å². The number of rotatable bonds is 8. The maximum atomic E-state index is 12.2. The molecule has 1 aromatic heterocycles. The zero-order valence-electron chi connectivity index (χ0n) is 18.8. The summed E-state index contributed by atoms with van der Waals surface area (Å²) in [5.41, 5.74) is 2.54. The van der Waals surface area contributed by atoms with Crippen molar-refractivity contribution in [2.45, 2.75) is 66.0 Å². The minimum Gasteiger partial charge on any atom is -0.489 e. The Hall–Kier alpha value is -2.83. The number of aromatic nitrogens is 1. The number of esters is 1. The molecule has 0 spiro atoms. The van der Waals surface area contributed by atoms with Crippen molar-refractivity contribution in [2.24, 2.45) is 11.8 Å². The van der Waals surface area contributed by atoms with Crippen LogP contribution in [0.4, 0.5) is 0 Å². The molecule has 1 saturated carbocycles. The van der Waals surface area contributed by atoms with E-state index >= 15 is 0 Å². The summed E-state index contributed by atoms with van der Waals surface area (Å²) in [5, 5.41) is 6.93. The van der Waals surface area contributed by atoms with E-state index in [0.29, 0.717) is 24.2 Å². The van der Waals surface area contributed by atoms with E-state index in [-0.39, 0.29) is 25.0 Å². The molecule has 1 amide bonds. The molecule has 7 nitrogen and oxygen atoms in total. The van der Waals surface area contributed by atoms with E-state index in [1.807, 2.05) is 26.0 Å². The smallest absolute Gasteiger partial charge is 0.310 e. The van der Waals surface area contributed by atoms with Gasteiger partial charge in [-0.1, -0.05) is 44.0 Å². The van der Waals surface area contributed by atoms with Crippen LogP contribution in [0.2, 0.25) is 0 Å². The lowest BCUT2D eigenvalue weighted by molar-refractivity contribution is -0.148. The molecule has 168 valence electrons. The number of nitrogens with zero attached hydrogens (tertiary/aromatic N) is 1. The van der Waals surface area contributed by atoms with Crippen molar-refractivity contribution in [1.82, 2.24) is 10.5 Å². The monoisotopic (exact) mass is 428 g/mol. The molecule has 31 heavy (non-hydrogen) atoms. The molecule has 1 aromatic carbocycles. The third-order valence-electron chi connectivity index (χ3n) is 6.25. The first-order valence-electron chi connectivity index (χ1n) is 10.9. The molecule has 0 aliphatic heterocycles. The first kappa shape index (κ1) is 22.8. The number of ether oxygens (including phenoxy) is 2. The minimum absolute atomic E-state index is 0.105. The van der Waals surface area contributed by atoms with Crippen molar-refractivity contribution < 1.29 is 23.6 Å². The first-order chi connectivity index (χ1) is 14.8. The predicted octanol–water partition coefficient (Wildman–Crippen LogP) is 3.90. The molecular weight excluding hydrogens is 396 g/mol. The summed E-state index contributed by atoms with van der Waals surface area (Å²) in [6, 6.07) is 7.40. The third-order valence-corrected chi connectivity index (χ3v) is 6.25. The van der Waals surface area contributed by atoms with Gasteiger partial charge in [-0.2, -0.15) is 0 Å². The van der Waals surface area contributed by atoms with Crippen molar-refractivity contribution in [3.05, 3.63) is 46.8 Å². The maximum Gasteiger partial charge on any atom is 0.310 e. The Morgan fingerprint density at radius 2 is 1.90 bits per heavy atom. The van der Waals surface area contributed by atoms with Crippen LogP contribution in [-0.4, -0.2) is 29.7 Å². The lowest BCUT2D eigenvalue weighted by Gasteiger charge is -2.34. The molecular formula is C24H32N2O5. The molecule has 1 heterocycles. The Bertz CT molecular complexity index is 870. The van der Waals surface area contributed by atoms with E-state index in [4.69, 9.17) is 14.0 Å². The van der Waals surface area contributed by atoms with E-state index in [0.717, 1.165) is 35.4 Å². The predicted molar refractivity (Wildman–Crippen MR) is 116 cm³/mol. The van der Waals surface area contributed by atoms with Crippen LogP contribution in [0.15, 0.2) is 28.8 Å². The molecule has 7 heteroatoms. The Morgan fingerprint density at radius 1 is 1.16 bits per heavy atom. The largest absolute Gasteiger partial charge is 0.489 e. The zero-order chi connectivity index (χ0) is 22.4. The first-order valence-corrected chi connectivity index (χ1v) is 10.9. The number of hydrogen-bond acceptors (Lipinski definition) is 6. The van der Waals surface area contributed by atoms with Crippen molar-refractivity contribution in [1.29, 1.82) is 0 Å². The van der Waals surface area contributed by atoms with Gasteiger partial charge in [-0.15, -0.1) is 0 Å². The molecule has 0 bridgehead atoms. The molecule has 1 aliphatic rings. The number of aryl methyl sites for hydroxylation is 2. The van der Waals surface area contributed by atoms with Crippen LogP contribution in [0.1, 0.15) is 55.7 Å². The summed E-state index contributed by atoms with van der Waals surface area (Å²) >= 11 is 0. The van der Waals surface area contributed by atoms with Crippen LogP contribution < -0.4 is 10.1 Å². The highest BCUT2D eigenvalue weighted by Gasteiger charge is 2.28. The topological polar surface area (TPSA) is 90.7 Å². The van der Waals surface area contributed by atoms with Crippen molar-refractivity contribution in [2.75, 3.05) is 6.61 Å². The number of nitrogens with one attached hydrogen (secondary N) is 1. The number of benzene rings is 1.